The number of carboxylic acids is 1. The summed E-state index contributed by atoms with van der Waals surface area (Å²) < 4.78 is 6.26. The van der Waals surface area contributed by atoms with Crippen molar-refractivity contribution in [1.29, 1.82) is 0 Å². The van der Waals surface area contributed by atoms with Crippen LogP contribution in [0.25, 0.3) is 11.0 Å². The van der Waals surface area contributed by atoms with Gasteiger partial charge in [0.25, 0.3) is 5.91 Å². The van der Waals surface area contributed by atoms with Crippen LogP contribution in [0.15, 0.2) is 33.2 Å². The molecular weight excluding hydrogens is 326 g/mol. The van der Waals surface area contributed by atoms with Crippen LogP contribution < -0.4 is 5.32 Å². The predicted molar refractivity (Wildman–Crippen MR) is 75.6 cm³/mol. The summed E-state index contributed by atoms with van der Waals surface area (Å²) in [6.07, 6.45) is 1.72. The fourth-order valence-corrected chi connectivity index (χ4v) is 2.80. The van der Waals surface area contributed by atoms with Gasteiger partial charge >= 0.3 is 5.97 Å². The minimum atomic E-state index is -1.13. The number of amides is 1. The van der Waals surface area contributed by atoms with Crippen LogP contribution >= 0.6 is 15.9 Å². The maximum Gasteiger partial charge on any atom is 0.329 e. The van der Waals surface area contributed by atoms with Gasteiger partial charge in [-0.3, -0.25) is 4.79 Å². The van der Waals surface area contributed by atoms with Crippen LogP contribution in [0, 0.1) is 0 Å². The lowest BCUT2D eigenvalue weighted by Crippen LogP contribution is -2.59. The van der Waals surface area contributed by atoms with Gasteiger partial charge in [-0.1, -0.05) is 12.1 Å². The molecule has 0 aliphatic heterocycles. The number of hydrogen-bond donors (Lipinski definition) is 2. The van der Waals surface area contributed by atoms with Gasteiger partial charge in [-0.05, 0) is 47.3 Å². The molecule has 0 radical (unpaired) electrons. The molecule has 1 aromatic heterocycles. The number of carbonyl (C=O) groups excluding carboxylic acids is 1. The van der Waals surface area contributed by atoms with Gasteiger partial charge in [0.2, 0.25) is 0 Å². The molecule has 1 fully saturated rings. The highest BCUT2D eigenvalue weighted by atomic mass is 79.9. The number of hydrogen-bond acceptors (Lipinski definition) is 3. The van der Waals surface area contributed by atoms with Gasteiger partial charge < -0.3 is 14.8 Å². The van der Waals surface area contributed by atoms with Gasteiger partial charge in [0, 0.05) is 5.39 Å². The van der Waals surface area contributed by atoms with Gasteiger partial charge in [-0.15, -0.1) is 0 Å². The second kappa shape index (κ2) is 4.63. The Labute approximate surface area is 123 Å². The highest BCUT2D eigenvalue weighted by Gasteiger charge is 2.46. The van der Waals surface area contributed by atoms with Crippen LogP contribution in [-0.4, -0.2) is 22.5 Å². The van der Waals surface area contributed by atoms with Crippen LogP contribution in [0.3, 0.4) is 0 Å². The van der Waals surface area contributed by atoms with E-state index in [2.05, 4.69) is 21.2 Å². The van der Waals surface area contributed by atoms with Gasteiger partial charge in [0.15, 0.2) is 5.76 Å². The number of para-hydroxylation sites is 1. The molecule has 0 saturated heterocycles. The first-order chi connectivity index (χ1) is 9.52. The molecule has 1 amide bonds. The van der Waals surface area contributed by atoms with E-state index in [1.54, 1.807) is 6.07 Å². The third-order valence-corrected chi connectivity index (χ3v) is 4.31. The van der Waals surface area contributed by atoms with E-state index in [4.69, 9.17) is 4.42 Å². The molecule has 1 saturated carbocycles. The zero-order chi connectivity index (χ0) is 14.3. The molecule has 0 bridgehead atoms. The fraction of sp³-hybridized carbons (Fsp3) is 0.286. The number of aliphatic carboxylic acids is 1. The van der Waals surface area contributed by atoms with Crippen molar-refractivity contribution in [3.8, 4) is 0 Å². The Bertz CT molecular complexity index is 702. The smallest absolute Gasteiger partial charge is 0.329 e. The lowest BCUT2D eigenvalue weighted by atomic mass is 9.76. The number of nitrogens with one attached hydrogen (secondary N) is 1. The first kappa shape index (κ1) is 13.2. The van der Waals surface area contributed by atoms with Crippen molar-refractivity contribution in [1.82, 2.24) is 5.32 Å². The molecule has 0 atom stereocenters. The zero-order valence-corrected chi connectivity index (χ0v) is 12.1. The Morgan fingerprint density at radius 1 is 1.35 bits per heavy atom. The lowest BCUT2D eigenvalue weighted by molar-refractivity contribution is -0.148. The number of benzene rings is 1. The van der Waals surface area contributed by atoms with E-state index in [9.17, 15) is 14.7 Å². The first-order valence-corrected chi connectivity index (χ1v) is 7.05. The van der Waals surface area contributed by atoms with Crippen molar-refractivity contribution in [2.45, 2.75) is 24.8 Å². The zero-order valence-electron chi connectivity index (χ0n) is 10.5. The monoisotopic (exact) mass is 337 g/mol. The number of carbonyl (C=O) groups is 2. The van der Waals surface area contributed by atoms with E-state index in [1.165, 1.54) is 0 Å². The highest BCUT2D eigenvalue weighted by molar-refractivity contribution is 9.10. The summed E-state index contributed by atoms with van der Waals surface area (Å²) in [6.45, 7) is 0. The molecule has 0 spiro atoms. The quantitative estimate of drug-likeness (QED) is 0.902. The van der Waals surface area contributed by atoms with Crippen LogP contribution in [0.1, 0.15) is 29.8 Å². The fourth-order valence-electron chi connectivity index (χ4n) is 2.34. The molecule has 1 heterocycles. The van der Waals surface area contributed by atoms with Crippen molar-refractivity contribution in [3.63, 3.8) is 0 Å². The standard InChI is InChI=1S/C14H12BrNO4/c15-9-4-1-3-8-7-10(20-11(8)9)12(17)16-14(13(18)19)5-2-6-14/h1,3-4,7H,2,5-6H2,(H,16,17)(H,18,19). The Morgan fingerprint density at radius 3 is 2.65 bits per heavy atom. The summed E-state index contributed by atoms with van der Waals surface area (Å²) in [6, 6.07) is 7.10. The minimum Gasteiger partial charge on any atom is -0.480 e. The molecule has 20 heavy (non-hydrogen) atoms. The minimum absolute atomic E-state index is 0.124. The Morgan fingerprint density at radius 2 is 2.10 bits per heavy atom. The van der Waals surface area contributed by atoms with E-state index in [-0.39, 0.29) is 5.76 Å². The molecule has 104 valence electrons. The molecule has 2 aromatic rings. The average molecular weight is 338 g/mol. The van der Waals surface area contributed by atoms with E-state index in [0.29, 0.717) is 18.4 Å². The van der Waals surface area contributed by atoms with Gasteiger partial charge in [0.1, 0.15) is 11.1 Å². The van der Waals surface area contributed by atoms with Crippen LogP contribution in [0.2, 0.25) is 0 Å². The number of fused-ring (bicyclic) bond motifs is 1. The summed E-state index contributed by atoms with van der Waals surface area (Å²) >= 11 is 3.35. The van der Waals surface area contributed by atoms with Gasteiger partial charge in [-0.2, -0.15) is 0 Å². The molecule has 2 N–H and O–H groups in total. The Balaban J connectivity index is 1.89. The average Bonchev–Trinajstić information content (AvgIpc) is 2.78. The summed E-state index contributed by atoms with van der Waals surface area (Å²) in [5.74, 6) is -1.36. The maximum atomic E-state index is 12.2. The molecule has 0 unspecified atom stereocenters. The first-order valence-electron chi connectivity index (χ1n) is 6.26. The number of halogens is 1. The van der Waals surface area contributed by atoms with Crippen LogP contribution in [0.5, 0.6) is 0 Å². The summed E-state index contributed by atoms with van der Waals surface area (Å²) in [5, 5.41) is 12.6. The van der Waals surface area contributed by atoms with E-state index in [1.807, 2.05) is 18.2 Å². The van der Waals surface area contributed by atoms with E-state index >= 15 is 0 Å². The normalized spacial score (nSPS) is 16.6. The lowest BCUT2D eigenvalue weighted by Gasteiger charge is -2.37. The van der Waals surface area contributed by atoms with E-state index in [0.717, 1.165) is 16.3 Å². The van der Waals surface area contributed by atoms with Crippen LogP contribution in [0.4, 0.5) is 0 Å². The molecule has 5 nitrogen and oxygen atoms in total. The second-order valence-electron chi connectivity index (χ2n) is 4.96. The molecule has 3 rings (SSSR count). The van der Waals surface area contributed by atoms with Crippen molar-refractivity contribution in [2.75, 3.05) is 0 Å². The van der Waals surface area contributed by atoms with Crippen molar-refractivity contribution < 1.29 is 19.1 Å². The molecule has 1 aromatic carbocycles. The Kier molecular flexibility index (Phi) is 3.05. The summed E-state index contributed by atoms with van der Waals surface area (Å²) in [7, 11) is 0. The maximum absolute atomic E-state index is 12.2. The largest absolute Gasteiger partial charge is 0.480 e. The third-order valence-electron chi connectivity index (χ3n) is 3.69. The Hall–Kier alpha value is -1.82. The predicted octanol–water partition coefficient (Wildman–Crippen LogP) is 2.93. The van der Waals surface area contributed by atoms with Crippen molar-refractivity contribution in [2.24, 2.45) is 0 Å². The summed E-state index contributed by atoms with van der Waals surface area (Å²) in [4.78, 5) is 23.4. The summed E-state index contributed by atoms with van der Waals surface area (Å²) in [5.41, 5.74) is -0.552. The molecule has 1 aliphatic carbocycles. The SMILES string of the molecule is O=C(NC1(C(=O)O)CCC1)c1cc2cccc(Br)c2o1. The molecule has 1 aliphatic rings. The van der Waals surface area contributed by atoms with Gasteiger partial charge in [-0.25, -0.2) is 4.79 Å². The van der Waals surface area contributed by atoms with Crippen LogP contribution in [-0.2, 0) is 4.79 Å². The topological polar surface area (TPSA) is 79.5 Å². The second-order valence-corrected chi connectivity index (χ2v) is 5.82. The van der Waals surface area contributed by atoms with Gasteiger partial charge in [0.05, 0.1) is 4.47 Å². The molecule has 6 heteroatoms. The van der Waals surface area contributed by atoms with Crippen molar-refractivity contribution in [3.05, 3.63) is 34.5 Å². The number of rotatable bonds is 3. The van der Waals surface area contributed by atoms with Crippen molar-refractivity contribution >= 4 is 38.8 Å². The third kappa shape index (κ3) is 2.00. The number of furan rings is 1. The molecular formula is C14H12BrNO4. The number of carboxylic acid groups (broad SMARTS) is 1. The highest BCUT2D eigenvalue weighted by Crippen LogP contribution is 2.33. The van der Waals surface area contributed by atoms with E-state index < -0.39 is 17.4 Å².